The number of hydrogen-bond donors (Lipinski definition) is 1. The number of carbonyl (C=O) groups excluding carboxylic acids is 1. The summed E-state index contributed by atoms with van der Waals surface area (Å²) in [7, 11) is 0. The van der Waals surface area contributed by atoms with Crippen molar-refractivity contribution in [3.63, 3.8) is 0 Å². The molecule has 5 rings (SSSR count). The fourth-order valence-electron chi connectivity index (χ4n) is 3.94. The molecule has 2 aliphatic rings. The molecule has 0 unspecified atom stereocenters. The number of halogens is 1. The summed E-state index contributed by atoms with van der Waals surface area (Å²) in [6, 6.07) is 13.4. The number of nitrogens with zero attached hydrogens (tertiary/aromatic N) is 4. The number of para-hydroxylation sites is 1. The Kier molecular flexibility index (Phi) is 5.51. The minimum Gasteiger partial charge on any atom is -0.373 e. The molecular weight excluding hydrogens is 426 g/mol. The second kappa shape index (κ2) is 8.61. The lowest BCUT2D eigenvalue weighted by Crippen LogP contribution is -2.48. The molecule has 0 saturated heterocycles. The molecule has 0 atom stereocenters. The third-order valence-corrected chi connectivity index (χ3v) is 5.77. The molecule has 0 fully saturated rings. The molecule has 0 aliphatic carbocycles. The number of urea groups is 1. The van der Waals surface area contributed by atoms with E-state index in [4.69, 9.17) is 21.3 Å². The summed E-state index contributed by atoms with van der Waals surface area (Å²) in [6.45, 7) is 3.60. The molecule has 2 aliphatic heterocycles. The third kappa shape index (κ3) is 3.92. The number of amides is 2. The Labute approximate surface area is 191 Å². The number of fused-ring (bicyclic) bond motifs is 3. The van der Waals surface area contributed by atoms with Crippen molar-refractivity contribution in [3.8, 4) is 0 Å². The summed E-state index contributed by atoms with van der Waals surface area (Å²) in [4.78, 5) is 26.1. The van der Waals surface area contributed by atoms with Gasteiger partial charge in [0.2, 0.25) is 5.95 Å². The van der Waals surface area contributed by atoms with Crippen LogP contribution < -0.4 is 15.1 Å². The van der Waals surface area contributed by atoms with Crippen molar-refractivity contribution >= 4 is 40.8 Å². The Morgan fingerprint density at radius 1 is 1.12 bits per heavy atom. The summed E-state index contributed by atoms with van der Waals surface area (Å²) in [5, 5.41) is 3.78. The standard InChI is InChI=1S/C24H22ClN5O2/c1-16-6-4-9-20(25)21(16)30-14-18-13-26-23-27-19-8-5-7-17(12-19)15-32-11-3-2-10-29(24(30)31)22(18)28-23/h2-9,12-13H,10-11,14-15H2,1H3,(H,26,27,28)/b3-2-. The average molecular weight is 448 g/mol. The molecule has 0 saturated carbocycles. The highest BCUT2D eigenvalue weighted by atomic mass is 35.5. The molecule has 0 spiro atoms. The van der Waals surface area contributed by atoms with E-state index in [2.05, 4.69) is 10.3 Å². The topological polar surface area (TPSA) is 70.6 Å². The van der Waals surface area contributed by atoms with Crippen LogP contribution in [0.5, 0.6) is 0 Å². The molecule has 3 heterocycles. The van der Waals surface area contributed by atoms with E-state index in [-0.39, 0.29) is 6.03 Å². The molecule has 32 heavy (non-hydrogen) atoms. The van der Waals surface area contributed by atoms with Crippen LogP contribution in [0.3, 0.4) is 0 Å². The van der Waals surface area contributed by atoms with E-state index >= 15 is 0 Å². The highest BCUT2D eigenvalue weighted by Crippen LogP contribution is 2.36. The molecule has 3 aromatic rings. The summed E-state index contributed by atoms with van der Waals surface area (Å²) in [6.07, 6.45) is 5.61. The van der Waals surface area contributed by atoms with Crippen molar-refractivity contribution in [1.29, 1.82) is 0 Å². The van der Waals surface area contributed by atoms with Crippen LogP contribution in [0.4, 0.5) is 27.9 Å². The van der Waals surface area contributed by atoms with Gasteiger partial charge < -0.3 is 10.1 Å². The van der Waals surface area contributed by atoms with Crippen molar-refractivity contribution in [2.24, 2.45) is 0 Å². The number of carbonyl (C=O) groups is 1. The van der Waals surface area contributed by atoms with Gasteiger partial charge in [0, 0.05) is 24.0 Å². The van der Waals surface area contributed by atoms with E-state index in [1.54, 1.807) is 22.1 Å². The lowest BCUT2D eigenvalue weighted by atomic mass is 10.1. The van der Waals surface area contributed by atoms with Crippen molar-refractivity contribution in [2.75, 3.05) is 28.3 Å². The zero-order valence-corrected chi connectivity index (χ0v) is 18.3. The predicted molar refractivity (Wildman–Crippen MR) is 126 cm³/mol. The quantitative estimate of drug-likeness (QED) is 0.518. The normalized spacial score (nSPS) is 16.9. The monoisotopic (exact) mass is 447 g/mol. The second-order valence-electron chi connectivity index (χ2n) is 7.74. The minimum absolute atomic E-state index is 0.182. The first-order valence-corrected chi connectivity index (χ1v) is 10.8. The molecule has 4 bridgehead atoms. The first kappa shape index (κ1) is 20.5. The van der Waals surface area contributed by atoms with Crippen LogP contribution in [0.2, 0.25) is 5.02 Å². The predicted octanol–water partition coefficient (Wildman–Crippen LogP) is 5.22. The number of rotatable bonds is 1. The van der Waals surface area contributed by atoms with Gasteiger partial charge in [-0.2, -0.15) is 4.98 Å². The highest BCUT2D eigenvalue weighted by molar-refractivity contribution is 6.34. The smallest absolute Gasteiger partial charge is 0.330 e. The van der Waals surface area contributed by atoms with Crippen molar-refractivity contribution < 1.29 is 9.53 Å². The number of nitrogens with one attached hydrogen (secondary N) is 1. The number of aromatic nitrogens is 2. The summed E-state index contributed by atoms with van der Waals surface area (Å²) < 4.78 is 5.75. The van der Waals surface area contributed by atoms with E-state index < -0.39 is 0 Å². The van der Waals surface area contributed by atoms with E-state index in [1.807, 2.05) is 55.5 Å². The maximum Gasteiger partial charge on any atom is 0.330 e. The van der Waals surface area contributed by atoms with Gasteiger partial charge in [0.05, 0.1) is 30.5 Å². The number of aryl methyl sites for hydroxylation is 1. The van der Waals surface area contributed by atoms with Crippen LogP contribution in [0.15, 0.2) is 60.8 Å². The van der Waals surface area contributed by atoms with E-state index in [0.29, 0.717) is 48.8 Å². The Balaban J connectivity index is 1.58. The van der Waals surface area contributed by atoms with Crippen LogP contribution in [-0.2, 0) is 17.9 Å². The molecule has 2 aromatic carbocycles. The SMILES string of the molecule is Cc1cccc(Cl)c1N1Cc2cnc3nc2N(C/C=C\COCc2cccc(c2)N3)C1=O. The molecular formula is C24H22ClN5O2. The number of ether oxygens (including phenoxy) is 1. The molecule has 2 amide bonds. The van der Waals surface area contributed by atoms with E-state index in [0.717, 1.165) is 22.4 Å². The average Bonchev–Trinajstić information content (AvgIpc) is 2.78. The Hall–Kier alpha value is -3.42. The fraction of sp³-hybridized carbons (Fsp3) is 0.208. The van der Waals surface area contributed by atoms with Gasteiger partial charge >= 0.3 is 6.03 Å². The van der Waals surface area contributed by atoms with Crippen LogP contribution in [0.25, 0.3) is 0 Å². The van der Waals surface area contributed by atoms with Crippen molar-refractivity contribution in [1.82, 2.24) is 9.97 Å². The highest BCUT2D eigenvalue weighted by Gasteiger charge is 2.34. The Morgan fingerprint density at radius 3 is 2.88 bits per heavy atom. The van der Waals surface area contributed by atoms with Gasteiger partial charge in [-0.3, -0.25) is 9.80 Å². The first-order valence-electron chi connectivity index (χ1n) is 10.4. The lowest BCUT2D eigenvalue weighted by Gasteiger charge is -2.36. The first-order chi connectivity index (χ1) is 15.6. The molecule has 1 N–H and O–H groups in total. The van der Waals surface area contributed by atoms with Gasteiger partial charge in [0.1, 0.15) is 5.82 Å². The summed E-state index contributed by atoms with van der Waals surface area (Å²) in [5.41, 5.74) is 4.40. The largest absolute Gasteiger partial charge is 0.373 e. The van der Waals surface area contributed by atoms with Gasteiger partial charge in [-0.25, -0.2) is 9.78 Å². The zero-order valence-electron chi connectivity index (χ0n) is 17.6. The van der Waals surface area contributed by atoms with Gasteiger partial charge in [-0.1, -0.05) is 48.0 Å². The van der Waals surface area contributed by atoms with Crippen molar-refractivity contribution in [3.05, 3.63) is 82.5 Å². The third-order valence-electron chi connectivity index (χ3n) is 5.47. The van der Waals surface area contributed by atoms with Crippen LogP contribution in [0.1, 0.15) is 16.7 Å². The number of anilines is 4. The summed E-state index contributed by atoms with van der Waals surface area (Å²) in [5.74, 6) is 1.02. The van der Waals surface area contributed by atoms with Crippen molar-refractivity contribution in [2.45, 2.75) is 20.1 Å². The molecule has 7 nitrogen and oxygen atoms in total. The zero-order chi connectivity index (χ0) is 22.1. The van der Waals surface area contributed by atoms with Crippen LogP contribution in [-0.4, -0.2) is 29.2 Å². The molecule has 162 valence electrons. The van der Waals surface area contributed by atoms with Gasteiger partial charge in [0.15, 0.2) is 0 Å². The summed E-state index contributed by atoms with van der Waals surface area (Å²) >= 11 is 6.49. The Morgan fingerprint density at radius 2 is 2.00 bits per heavy atom. The Bertz CT molecular complexity index is 1190. The second-order valence-corrected chi connectivity index (χ2v) is 8.15. The molecule has 1 aromatic heterocycles. The minimum atomic E-state index is -0.182. The maximum absolute atomic E-state index is 13.6. The van der Waals surface area contributed by atoms with Crippen LogP contribution >= 0.6 is 11.6 Å². The van der Waals surface area contributed by atoms with Gasteiger partial charge in [-0.15, -0.1) is 0 Å². The number of hydrogen-bond acceptors (Lipinski definition) is 5. The lowest BCUT2D eigenvalue weighted by molar-refractivity contribution is 0.148. The van der Waals surface area contributed by atoms with E-state index in [1.165, 1.54) is 0 Å². The maximum atomic E-state index is 13.6. The molecule has 8 heteroatoms. The van der Waals surface area contributed by atoms with Crippen LogP contribution in [0, 0.1) is 6.92 Å². The fourth-order valence-corrected chi connectivity index (χ4v) is 4.27. The van der Waals surface area contributed by atoms with E-state index in [9.17, 15) is 4.79 Å². The molecule has 0 radical (unpaired) electrons. The van der Waals surface area contributed by atoms with Gasteiger partial charge in [-0.05, 0) is 36.2 Å². The number of benzene rings is 2. The van der Waals surface area contributed by atoms with Gasteiger partial charge in [0.25, 0.3) is 0 Å².